The maximum absolute atomic E-state index is 11.6. The van der Waals surface area contributed by atoms with Gasteiger partial charge in [-0.25, -0.2) is 0 Å². The van der Waals surface area contributed by atoms with Crippen LogP contribution in [0.5, 0.6) is 5.75 Å². The third kappa shape index (κ3) is 6.96. The molecular formula is C21H35N3O2. The van der Waals surface area contributed by atoms with E-state index in [0.29, 0.717) is 13.1 Å². The van der Waals surface area contributed by atoms with E-state index >= 15 is 0 Å². The molecule has 5 nitrogen and oxygen atoms in total. The maximum Gasteiger partial charge on any atom is 0.234 e. The highest BCUT2D eigenvalue weighted by atomic mass is 16.5. The Kier molecular flexibility index (Phi) is 7.91. The number of nitrogens with zero attached hydrogens (tertiary/aromatic N) is 2. The Bertz CT molecular complexity index is 543. The van der Waals surface area contributed by atoms with Gasteiger partial charge in [-0.15, -0.1) is 0 Å². The van der Waals surface area contributed by atoms with E-state index < -0.39 is 0 Å². The van der Waals surface area contributed by atoms with Crippen molar-refractivity contribution in [2.24, 2.45) is 0 Å². The molecule has 1 aliphatic rings. The lowest BCUT2D eigenvalue weighted by atomic mass is 9.87. The van der Waals surface area contributed by atoms with Gasteiger partial charge >= 0.3 is 0 Å². The van der Waals surface area contributed by atoms with Gasteiger partial charge in [0.25, 0.3) is 0 Å². The van der Waals surface area contributed by atoms with Crippen LogP contribution in [0.3, 0.4) is 0 Å². The number of carbonyl (C=O) groups is 1. The molecule has 0 spiro atoms. The molecule has 1 heterocycles. The van der Waals surface area contributed by atoms with E-state index in [4.69, 9.17) is 4.74 Å². The van der Waals surface area contributed by atoms with Crippen LogP contribution in [0.15, 0.2) is 24.3 Å². The molecule has 2 rings (SSSR count). The fourth-order valence-corrected chi connectivity index (χ4v) is 3.16. The van der Waals surface area contributed by atoms with Crippen LogP contribution in [0.1, 0.15) is 39.7 Å². The van der Waals surface area contributed by atoms with Gasteiger partial charge in [-0.3, -0.25) is 9.69 Å². The Labute approximate surface area is 158 Å². The van der Waals surface area contributed by atoms with Crippen molar-refractivity contribution >= 4 is 5.91 Å². The Morgan fingerprint density at radius 2 is 1.69 bits per heavy atom. The molecule has 26 heavy (non-hydrogen) atoms. The fraction of sp³-hybridized carbons (Fsp3) is 0.667. The molecule has 1 amide bonds. The zero-order chi connectivity index (χ0) is 19.0. The standard InChI is InChI=1S/C21H35N3O2/c1-5-22-20(25)17-24-14-12-23(13-15-24)11-6-16-26-19-9-7-18(8-10-19)21(2,3)4/h7-10H,5-6,11-17H2,1-4H3,(H,22,25). The second-order valence-corrected chi connectivity index (χ2v) is 8.05. The molecule has 1 saturated heterocycles. The van der Waals surface area contributed by atoms with Crippen LogP contribution in [-0.4, -0.2) is 68.1 Å². The van der Waals surface area contributed by atoms with Crippen LogP contribution < -0.4 is 10.1 Å². The average molecular weight is 362 g/mol. The van der Waals surface area contributed by atoms with Gasteiger partial charge in [0.2, 0.25) is 5.91 Å². The molecule has 0 unspecified atom stereocenters. The van der Waals surface area contributed by atoms with Crippen molar-refractivity contribution in [1.29, 1.82) is 0 Å². The molecule has 0 bridgehead atoms. The summed E-state index contributed by atoms with van der Waals surface area (Å²) in [5, 5.41) is 2.86. The first kappa shape index (κ1) is 20.7. The third-order valence-corrected chi connectivity index (χ3v) is 4.81. The van der Waals surface area contributed by atoms with E-state index in [0.717, 1.165) is 51.5 Å². The minimum absolute atomic E-state index is 0.131. The van der Waals surface area contributed by atoms with Crippen LogP contribution in [0, 0.1) is 0 Å². The summed E-state index contributed by atoms with van der Waals surface area (Å²) in [7, 11) is 0. The number of amides is 1. The fourth-order valence-electron chi connectivity index (χ4n) is 3.16. The topological polar surface area (TPSA) is 44.8 Å². The molecule has 0 aromatic heterocycles. The summed E-state index contributed by atoms with van der Waals surface area (Å²) < 4.78 is 5.88. The van der Waals surface area contributed by atoms with Gasteiger partial charge in [0, 0.05) is 39.3 Å². The quantitative estimate of drug-likeness (QED) is 0.723. The SMILES string of the molecule is CCNC(=O)CN1CCN(CCCOc2ccc(C(C)(C)C)cc2)CC1. The predicted octanol–water partition coefficient (Wildman–Crippen LogP) is 2.51. The van der Waals surface area contributed by atoms with E-state index in [1.54, 1.807) is 0 Å². The highest BCUT2D eigenvalue weighted by Gasteiger charge is 2.18. The minimum atomic E-state index is 0.131. The van der Waals surface area contributed by atoms with Crippen LogP contribution >= 0.6 is 0 Å². The highest BCUT2D eigenvalue weighted by molar-refractivity contribution is 5.77. The van der Waals surface area contributed by atoms with Crippen molar-refractivity contribution < 1.29 is 9.53 Å². The van der Waals surface area contributed by atoms with Crippen molar-refractivity contribution in [2.75, 3.05) is 52.4 Å². The number of benzene rings is 1. The van der Waals surface area contributed by atoms with Crippen molar-refractivity contribution in [3.63, 3.8) is 0 Å². The van der Waals surface area contributed by atoms with Crippen molar-refractivity contribution in [2.45, 2.75) is 39.5 Å². The number of likely N-dealkylation sites (N-methyl/N-ethyl adjacent to an activating group) is 1. The normalized spacial score (nSPS) is 16.5. The molecule has 0 atom stereocenters. The molecule has 0 radical (unpaired) electrons. The van der Waals surface area contributed by atoms with Gasteiger partial charge in [0.15, 0.2) is 0 Å². The van der Waals surface area contributed by atoms with E-state index in [9.17, 15) is 4.79 Å². The number of ether oxygens (including phenoxy) is 1. The summed E-state index contributed by atoms with van der Waals surface area (Å²) in [6, 6.07) is 8.45. The number of nitrogens with one attached hydrogen (secondary N) is 1. The molecule has 0 aliphatic carbocycles. The van der Waals surface area contributed by atoms with Crippen LogP contribution in [0.25, 0.3) is 0 Å². The van der Waals surface area contributed by atoms with Gasteiger partial charge in [-0.2, -0.15) is 0 Å². The lowest BCUT2D eigenvalue weighted by Crippen LogP contribution is -2.49. The Morgan fingerprint density at radius 1 is 1.08 bits per heavy atom. The lowest BCUT2D eigenvalue weighted by molar-refractivity contribution is -0.122. The minimum Gasteiger partial charge on any atom is -0.494 e. The summed E-state index contributed by atoms with van der Waals surface area (Å²) in [4.78, 5) is 16.3. The Hall–Kier alpha value is -1.59. The maximum atomic E-state index is 11.6. The molecular weight excluding hydrogens is 326 g/mol. The first-order valence-electron chi connectivity index (χ1n) is 9.83. The molecule has 1 aromatic carbocycles. The molecule has 1 aromatic rings. The Morgan fingerprint density at radius 3 is 2.27 bits per heavy atom. The summed E-state index contributed by atoms with van der Waals surface area (Å²) in [6.45, 7) is 15.6. The zero-order valence-electron chi connectivity index (χ0n) is 16.9. The first-order valence-corrected chi connectivity index (χ1v) is 9.83. The second-order valence-electron chi connectivity index (χ2n) is 8.05. The second kappa shape index (κ2) is 9.93. The number of hydrogen-bond acceptors (Lipinski definition) is 4. The van der Waals surface area contributed by atoms with Crippen molar-refractivity contribution in [3.05, 3.63) is 29.8 Å². The zero-order valence-corrected chi connectivity index (χ0v) is 16.9. The monoisotopic (exact) mass is 361 g/mol. The number of hydrogen-bond donors (Lipinski definition) is 1. The lowest BCUT2D eigenvalue weighted by Gasteiger charge is -2.34. The number of rotatable bonds is 8. The van der Waals surface area contributed by atoms with Gasteiger partial charge in [0.05, 0.1) is 13.2 Å². The Balaban J connectivity index is 1.60. The summed E-state index contributed by atoms with van der Waals surface area (Å²) >= 11 is 0. The van der Waals surface area contributed by atoms with Crippen molar-refractivity contribution in [3.8, 4) is 5.75 Å². The average Bonchev–Trinajstić information content (AvgIpc) is 2.60. The highest BCUT2D eigenvalue weighted by Crippen LogP contribution is 2.24. The molecule has 146 valence electrons. The van der Waals surface area contributed by atoms with Crippen LogP contribution in [0.2, 0.25) is 0 Å². The van der Waals surface area contributed by atoms with E-state index in [2.05, 4.69) is 60.2 Å². The van der Waals surface area contributed by atoms with E-state index in [1.807, 2.05) is 6.92 Å². The van der Waals surface area contributed by atoms with E-state index in [1.165, 1.54) is 5.56 Å². The first-order chi connectivity index (χ1) is 12.4. The van der Waals surface area contributed by atoms with Gasteiger partial charge in [-0.05, 0) is 36.5 Å². The summed E-state index contributed by atoms with van der Waals surface area (Å²) in [6.07, 6.45) is 1.03. The smallest absolute Gasteiger partial charge is 0.234 e. The van der Waals surface area contributed by atoms with Gasteiger partial charge in [-0.1, -0.05) is 32.9 Å². The molecule has 1 fully saturated rings. The summed E-state index contributed by atoms with van der Waals surface area (Å²) in [5.41, 5.74) is 1.51. The van der Waals surface area contributed by atoms with Gasteiger partial charge in [0.1, 0.15) is 5.75 Å². The predicted molar refractivity (Wildman–Crippen MR) is 107 cm³/mol. The van der Waals surface area contributed by atoms with Crippen molar-refractivity contribution in [1.82, 2.24) is 15.1 Å². The van der Waals surface area contributed by atoms with Gasteiger partial charge < -0.3 is 15.0 Å². The van der Waals surface area contributed by atoms with Crippen LogP contribution in [-0.2, 0) is 10.2 Å². The van der Waals surface area contributed by atoms with Crippen LogP contribution in [0.4, 0.5) is 0 Å². The summed E-state index contributed by atoms with van der Waals surface area (Å²) in [5.74, 6) is 1.08. The molecule has 1 aliphatic heterocycles. The van der Waals surface area contributed by atoms with E-state index in [-0.39, 0.29) is 11.3 Å². The third-order valence-electron chi connectivity index (χ3n) is 4.81. The number of carbonyl (C=O) groups excluding carboxylic acids is 1. The number of piperazine rings is 1. The molecule has 5 heteroatoms. The molecule has 0 saturated carbocycles. The largest absolute Gasteiger partial charge is 0.494 e. The molecule has 1 N–H and O–H groups in total.